The maximum atomic E-state index is 9.67. The molecule has 0 rings (SSSR count). The molecule has 0 aromatic heterocycles. The fourth-order valence-electron chi connectivity index (χ4n) is 0. The Morgan fingerprint density at radius 3 is 1.25 bits per heavy atom. The minimum atomic E-state index is -3.67. The van der Waals surface area contributed by atoms with E-state index in [0.29, 0.717) is 16.6 Å². The van der Waals surface area contributed by atoms with Crippen molar-refractivity contribution in [2.75, 3.05) is 0 Å². The fraction of sp³-hybridized carbons (Fsp3) is 1.00. The molecule has 0 aromatic carbocycles. The first-order valence-electron chi connectivity index (χ1n) is 1.28. The number of halogens is 3. The molecule has 0 atom stereocenters. The summed E-state index contributed by atoms with van der Waals surface area (Å²) in [6, 6.07) is 0. The fourth-order valence-corrected chi connectivity index (χ4v) is 0. The van der Waals surface area contributed by atoms with E-state index in [9.17, 15) is 13.2 Å². The molecule has 0 spiro atoms. The quantitative estimate of drug-likeness (QED) is 0.533. The van der Waals surface area contributed by atoms with Crippen molar-refractivity contribution in [1.82, 2.24) is 0 Å². The van der Waals surface area contributed by atoms with Crippen LogP contribution in [-0.4, -0.2) is 15.1 Å². The van der Waals surface area contributed by atoms with Crippen molar-refractivity contribution in [2.24, 2.45) is 0 Å². The van der Waals surface area contributed by atoms with Crippen molar-refractivity contribution in [2.45, 2.75) is 6.68 Å². The first kappa shape index (κ1) is 11.1. The molecule has 0 bridgehead atoms. The van der Waals surface area contributed by atoms with E-state index in [0.717, 1.165) is 0 Å². The number of rotatable bonds is 0. The van der Waals surface area contributed by atoms with E-state index in [-0.39, 0.29) is 0 Å². The second-order valence-corrected chi connectivity index (χ2v) is 4.13. The third-order valence-electron chi connectivity index (χ3n) is 0. The van der Waals surface area contributed by atoms with Crippen molar-refractivity contribution >= 4 is 8.19 Å². The normalized spacial score (nSPS) is 7.75. The summed E-state index contributed by atoms with van der Waals surface area (Å²) in [5.41, 5.74) is 0. The van der Waals surface area contributed by atoms with E-state index >= 15 is 0 Å². The summed E-state index contributed by atoms with van der Waals surface area (Å²) in [7, 11) is -1.74. The summed E-state index contributed by atoms with van der Waals surface area (Å²) in [4.78, 5) is 0. The molecule has 0 N–H and O–H groups in total. The summed E-state index contributed by atoms with van der Waals surface area (Å²) in [5, 5.41) is 0. The van der Waals surface area contributed by atoms with Gasteiger partial charge < -0.3 is 0 Å². The van der Waals surface area contributed by atoms with E-state index in [1.54, 1.807) is 0 Å². The second-order valence-electron chi connectivity index (χ2n) is 0.551. The summed E-state index contributed by atoms with van der Waals surface area (Å²) in [6.45, 7) is -3.67. The number of alkyl halides is 3. The van der Waals surface area contributed by atoms with Crippen molar-refractivity contribution in [3.63, 3.8) is 0 Å². The molecule has 0 unspecified atom stereocenters. The molecular formula is CHF3O2SZn. The van der Waals surface area contributed by atoms with Crippen LogP contribution in [0.4, 0.5) is 13.2 Å². The van der Waals surface area contributed by atoms with E-state index < -0.39 is 14.9 Å². The molecule has 46 valence electrons. The maximum absolute atomic E-state index is 9.67. The van der Waals surface area contributed by atoms with Gasteiger partial charge in [0.1, 0.15) is 0 Å². The average molecular weight is 199 g/mol. The van der Waals surface area contributed by atoms with Gasteiger partial charge in [-0.3, -0.25) is 0 Å². The molecular weight excluding hydrogens is 198 g/mol. The van der Waals surface area contributed by atoms with Crippen LogP contribution < -0.4 is 0 Å². The van der Waals surface area contributed by atoms with Crippen LogP contribution in [0, 0.1) is 0 Å². The molecule has 0 radical (unpaired) electrons. The van der Waals surface area contributed by atoms with Crippen molar-refractivity contribution in [1.29, 1.82) is 0 Å². The van der Waals surface area contributed by atoms with Gasteiger partial charge in [0, 0.05) is 0 Å². The van der Waals surface area contributed by atoms with Gasteiger partial charge in [-0.1, -0.05) is 0 Å². The Balaban J connectivity index is 0. The summed E-state index contributed by atoms with van der Waals surface area (Å²) >= 11 is 0.347. The van der Waals surface area contributed by atoms with Crippen LogP contribution in [0.3, 0.4) is 0 Å². The number of hydrogen-bond acceptors (Lipinski definition) is 2. The number of hydrogen-bond donors (Lipinski definition) is 0. The van der Waals surface area contributed by atoms with Crippen LogP contribution >= 0.6 is 0 Å². The molecule has 0 aromatic rings. The Morgan fingerprint density at radius 2 is 1.25 bits per heavy atom. The van der Waals surface area contributed by atoms with E-state index in [1.807, 2.05) is 0 Å². The van der Waals surface area contributed by atoms with Gasteiger partial charge in [0.2, 0.25) is 0 Å². The Kier molecular flexibility index (Phi) is 10.0. The summed E-state index contributed by atoms with van der Waals surface area (Å²) in [5.74, 6) is 0. The third kappa shape index (κ3) is 3130. The zero-order chi connectivity index (χ0) is 7.15. The SMILES string of the molecule is FC(F)F.O=[S](=O)=[Zn]. The molecule has 0 aliphatic rings. The monoisotopic (exact) mass is 198 g/mol. The van der Waals surface area contributed by atoms with Gasteiger partial charge in [-0.15, -0.1) is 0 Å². The standard InChI is InChI=1S/CHF3.O2S.Zn/c2-1(3)4;1-3-2;/h1H;;. The van der Waals surface area contributed by atoms with Crippen LogP contribution in [0.25, 0.3) is 0 Å². The predicted molar refractivity (Wildman–Crippen MR) is 16.0 cm³/mol. The molecule has 2 nitrogen and oxygen atoms in total. The van der Waals surface area contributed by atoms with Gasteiger partial charge in [-0.25, -0.2) is 0 Å². The molecule has 0 aliphatic carbocycles. The van der Waals surface area contributed by atoms with Crippen molar-refractivity contribution < 1.29 is 38.1 Å². The molecule has 0 saturated heterocycles. The van der Waals surface area contributed by atoms with Crippen LogP contribution in [0.1, 0.15) is 0 Å². The van der Waals surface area contributed by atoms with E-state index in [2.05, 4.69) is 0 Å². The summed E-state index contributed by atoms with van der Waals surface area (Å²) in [6.07, 6.45) is 0. The Hall–Kier alpha value is 0.233. The van der Waals surface area contributed by atoms with Gasteiger partial charge in [-0.05, 0) is 0 Å². The zero-order valence-corrected chi connectivity index (χ0v) is 7.43. The molecule has 8 heavy (non-hydrogen) atoms. The van der Waals surface area contributed by atoms with Crippen LogP contribution in [0.15, 0.2) is 0 Å². The third-order valence-corrected chi connectivity index (χ3v) is 0. The van der Waals surface area contributed by atoms with E-state index in [4.69, 9.17) is 8.42 Å². The second kappa shape index (κ2) is 7.23. The first-order valence-corrected chi connectivity index (χ1v) is 6.15. The van der Waals surface area contributed by atoms with Gasteiger partial charge in [0.15, 0.2) is 0 Å². The summed E-state index contributed by atoms with van der Waals surface area (Å²) < 4.78 is 47.1. The van der Waals surface area contributed by atoms with Crippen LogP contribution in [-0.2, 0) is 24.7 Å². The van der Waals surface area contributed by atoms with Crippen LogP contribution in [0.5, 0.6) is 0 Å². The molecule has 0 aliphatic heterocycles. The molecule has 0 saturated carbocycles. The molecule has 7 heteroatoms. The zero-order valence-electron chi connectivity index (χ0n) is 3.64. The van der Waals surface area contributed by atoms with Crippen molar-refractivity contribution in [3.05, 3.63) is 0 Å². The Bertz CT molecular complexity index is 115. The van der Waals surface area contributed by atoms with E-state index in [1.165, 1.54) is 0 Å². The molecule has 0 fully saturated rings. The predicted octanol–water partition coefficient (Wildman–Crippen LogP) is 0.506. The van der Waals surface area contributed by atoms with Gasteiger partial charge in [-0.2, -0.15) is 13.2 Å². The van der Waals surface area contributed by atoms with Crippen LogP contribution in [0.2, 0.25) is 0 Å². The Morgan fingerprint density at radius 1 is 1.25 bits per heavy atom. The minimum absolute atomic E-state index is 0.347. The first-order chi connectivity index (χ1) is 3.46. The molecule has 0 heterocycles. The average Bonchev–Trinajstić information content (AvgIpc) is 1.25. The van der Waals surface area contributed by atoms with Crippen molar-refractivity contribution in [3.8, 4) is 0 Å². The Labute approximate surface area is 53.5 Å². The van der Waals surface area contributed by atoms with Gasteiger partial charge in [0.25, 0.3) is 0 Å². The molecule has 0 amide bonds. The van der Waals surface area contributed by atoms with Gasteiger partial charge >= 0.3 is 39.8 Å². The topological polar surface area (TPSA) is 34.1 Å². The van der Waals surface area contributed by atoms with Gasteiger partial charge in [0.05, 0.1) is 0 Å².